The molecular formula is C13H21ClN2O. The van der Waals surface area contributed by atoms with Gasteiger partial charge in [-0.2, -0.15) is 0 Å². The summed E-state index contributed by atoms with van der Waals surface area (Å²) in [6.45, 7) is 5.57. The van der Waals surface area contributed by atoms with Gasteiger partial charge in [-0.15, -0.1) is 12.4 Å². The molecule has 4 heteroatoms. The quantitative estimate of drug-likeness (QED) is 0.786. The molecule has 0 radical (unpaired) electrons. The van der Waals surface area contributed by atoms with Crippen LogP contribution < -0.4 is 10.6 Å². The zero-order valence-corrected chi connectivity index (χ0v) is 11.5. The molecule has 3 nitrogen and oxygen atoms in total. The number of nitrogens with one attached hydrogen (secondary N) is 2. The number of hydrogen-bond acceptors (Lipinski definition) is 2. The minimum absolute atomic E-state index is 0. The van der Waals surface area contributed by atoms with Gasteiger partial charge in [0.1, 0.15) is 0 Å². The molecule has 96 valence electrons. The van der Waals surface area contributed by atoms with Crippen LogP contribution in [0.25, 0.3) is 0 Å². The fourth-order valence-electron chi connectivity index (χ4n) is 1.55. The summed E-state index contributed by atoms with van der Waals surface area (Å²) in [5, 5.41) is 5.87. The Morgan fingerprint density at radius 3 is 2.59 bits per heavy atom. The van der Waals surface area contributed by atoms with Gasteiger partial charge in [0.15, 0.2) is 0 Å². The van der Waals surface area contributed by atoms with Crippen molar-refractivity contribution in [2.45, 2.75) is 20.3 Å². The van der Waals surface area contributed by atoms with E-state index in [2.05, 4.69) is 28.8 Å². The number of benzene rings is 1. The summed E-state index contributed by atoms with van der Waals surface area (Å²) >= 11 is 0. The number of carbonyl (C=O) groups excluding carboxylic acids is 1. The standard InChI is InChI=1S/C13H20N2O.ClH/c1-10-4-5-11(2)12(8-10)9-13(16)15-7-6-14-3;/h4-5,8,14H,6-7,9H2,1-3H3,(H,15,16);1H. The highest BCUT2D eigenvalue weighted by atomic mass is 35.5. The van der Waals surface area contributed by atoms with Crippen LogP contribution in [0.4, 0.5) is 0 Å². The van der Waals surface area contributed by atoms with E-state index in [4.69, 9.17) is 0 Å². The molecule has 0 aliphatic heterocycles. The van der Waals surface area contributed by atoms with Gasteiger partial charge in [0.25, 0.3) is 0 Å². The van der Waals surface area contributed by atoms with Gasteiger partial charge in [0.2, 0.25) is 5.91 Å². The SMILES string of the molecule is CNCCNC(=O)Cc1cc(C)ccc1C.Cl. The molecule has 17 heavy (non-hydrogen) atoms. The smallest absolute Gasteiger partial charge is 0.224 e. The van der Waals surface area contributed by atoms with Crippen molar-refractivity contribution in [3.8, 4) is 0 Å². The average Bonchev–Trinajstić information content (AvgIpc) is 2.24. The Balaban J connectivity index is 0.00000256. The minimum Gasteiger partial charge on any atom is -0.355 e. The summed E-state index contributed by atoms with van der Waals surface area (Å²) in [6.07, 6.45) is 0.469. The van der Waals surface area contributed by atoms with Gasteiger partial charge in [-0.1, -0.05) is 23.8 Å². The van der Waals surface area contributed by atoms with E-state index in [0.717, 1.165) is 12.1 Å². The summed E-state index contributed by atoms with van der Waals surface area (Å²) < 4.78 is 0. The van der Waals surface area contributed by atoms with Gasteiger partial charge in [0.05, 0.1) is 6.42 Å². The van der Waals surface area contributed by atoms with Crippen LogP contribution in [-0.4, -0.2) is 26.0 Å². The Morgan fingerprint density at radius 1 is 1.24 bits per heavy atom. The molecule has 0 fully saturated rings. The maximum atomic E-state index is 11.6. The van der Waals surface area contributed by atoms with Gasteiger partial charge < -0.3 is 10.6 Å². The van der Waals surface area contributed by atoms with Crippen LogP contribution in [0.5, 0.6) is 0 Å². The number of halogens is 1. The molecule has 0 aromatic heterocycles. The second kappa shape index (κ2) is 8.09. The fraction of sp³-hybridized carbons (Fsp3) is 0.462. The molecule has 0 unspecified atom stereocenters. The second-order valence-corrected chi connectivity index (χ2v) is 4.06. The molecule has 1 amide bonds. The Labute approximate surface area is 109 Å². The molecule has 0 heterocycles. The van der Waals surface area contributed by atoms with Crippen molar-refractivity contribution < 1.29 is 4.79 Å². The number of likely N-dealkylation sites (N-methyl/N-ethyl adjacent to an activating group) is 1. The Hall–Kier alpha value is -1.06. The molecule has 0 aliphatic rings. The second-order valence-electron chi connectivity index (χ2n) is 4.06. The molecule has 0 atom stereocenters. The van der Waals surface area contributed by atoms with Crippen molar-refractivity contribution in [2.24, 2.45) is 0 Å². The molecule has 0 spiro atoms. The first-order chi connectivity index (χ1) is 7.63. The zero-order chi connectivity index (χ0) is 12.0. The highest BCUT2D eigenvalue weighted by Gasteiger charge is 2.05. The van der Waals surface area contributed by atoms with E-state index in [1.807, 2.05) is 20.9 Å². The molecule has 1 aromatic rings. The largest absolute Gasteiger partial charge is 0.355 e. The van der Waals surface area contributed by atoms with E-state index in [1.54, 1.807) is 0 Å². The minimum atomic E-state index is 0. The van der Waals surface area contributed by atoms with Crippen molar-refractivity contribution in [3.63, 3.8) is 0 Å². The van der Waals surface area contributed by atoms with Crippen LogP contribution in [0.3, 0.4) is 0 Å². The topological polar surface area (TPSA) is 41.1 Å². The molecule has 0 aliphatic carbocycles. The van der Waals surface area contributed by atoms with E-state index in [1.165, 1.54) is 11.1 Å². The maximum Gasteiger partial charge on any atom is 0.224 e. The molecule has 0 saturated carbocycles. The lowest BCUT2D eigenvalue weighted by Crippen LogP contribution is -2.31. The normalized spacial score (nSPS) is 9.59. The van der Waals surface area contributed by atoms with Crippen molar-refractivity contribution in [1.82, 2.24) is 10.6 Å². The predicted molar refractivity (Wildman–Crippen MR) is 73.8 cm³/mol. The number of amides is 1. The van der Waals surface area contributed by atoms with Crippen LogP contribution >= 0.6 is 12.4 Å². The van der Waals surface area contributed by atoms with Gasteiger partial charge >= 0.3 is 0 Å². The Kier molecular flexibility index (Phi) is 7.59. The van der Waals surface area contributed by atoms with E-state index >= 15 is 0 Å². The van der Waals surface area contributed by atoms with Crippen LogP contribution in [-0.2, 0) is 11.2 Å². The van der Waals surface area contributed by atoms with Gasteiger partial charge in [-0.05, 0) is 32.0 Å². The lowest BCUT2D eigenvalue weighted by Gasteiger charge is -2.08. The third-order valence-corrected chi connectivity index (χ3v) is 2.55. The Bertz CT molecular complexity index is 366. The van der Waals surface area contributed by atoms with E-state index in [0.29, 0.717) is 13.0 Å². The third kappa shape index (κ3) is 5.71. The van der Waals surface area contributed by atoms with Crippen LogP contribution in [0.15, 0.2) is 18.2 Å². The first-order valence-electron chi connectivity index (χ1n) is 5.61. The van der Waals surface area contributed by atoms with Crippen molar-refractivity contribution in [3.05, 3.63) is 34.9 Å². The first kappa shape index (κ1) is 15.9. The van der Waals surface area contributed by atoms with Gasteiger partial charge in [-0.25, -0.2) is 0 Å². The van der Waals surface area contributed by atoms with Crippen LogP contribution in [0.2, 0.25) is 0 Å². The van der Waals surface area contributed by atoms with Crippen molar-refractivity contribution in [1.29, 1.82) is 0 Å². The summed E-state index contributed by atoms with van der Waals surface area (Å²) in [5.41, 5.74) is 3.49. The van der Waals surface area contributed by atoms with Gasteiger partial charge in [0, 0.05) is 13.1 Å². The molecule has 2 N–H and O–H groups in total. The average molecular weight is 257 g/mol. The number of aryl methyl sites for hydroxylation is 2. The summed E-state index contributed by atoms with van der Waals surface area (Å²) in [5.74, 6) is 0.0870. The van der Waals surface area contributed by atoms with E-state index in [9.17, 15) is 4.79 Å². The number of hydrogen-bond donors (Lipinski definition) is 2. The summed E-state index contributed by atoms with van der Waals surface area (Å²) in [4.78, 5) is 11.6. The maximum absolute atomic E-state index is 11.6. The van der Waals surface area contributed by atoms with E-state index in [-0.39, 0.29) is 18.3 Å². The number of carbonyl (C=O) groups is 1. The third-order valence-electron chi connectivity index (χ3n) is 2.55. The molecule has 0 bridgehead atoms. The van der Waals surface area contributed by atoms with E-state index < -0.39 is 0 Å². The predicted octanol–water partition coefficient (Wildman–Crippen LogP) is 1.60. The molecule has 1 aromatic carbocycles. The monoisotopic (exact) mass is 256 g/mol. The molecule has 0 saturated heterocycles. The highest BCUT2D eigenvalue weighted by molar-refractivity contribution is 5.85. The zero-order valence-electron chi connectivity index (χ0n) is 10.7. The van der Waals surface area contributed by atoms with Crippen molar-refractivity contribution >= 4 is 18.3 Å². The molecule has 1 rings (SSSR count). The van der Waals surface area contributed by atoms with Crippen LogP contribution in [0, 0.1) is 13.8 Å². The lowest BCUT2D eigenvalue weighted by atomic mass is 10.0. The highest BCUT2D eigenvalue weighted by Crippen LogP contribution is 2.11. The first-order valence-corrected chi connectivity index (χ1v) is 5.61. The summed E-state index contributed by atoms with van der Waals surface area (Å²) in [6, 6.07) is 6.20. The number of rotatable bonds is 5. The molecular weight excluding hydrogens is 236 g/mol. The Morgan fingerprint density at radius 2 is 1.94 bits per heavy atom. The van der Waals surface area contributed by atoms with Gasteiger partial charge in [-0.3, -0.25) is 4.79 Å². The lowest BCUT2D eigenvalue weighted by molar-refractivity contribution is -0.120. The van der Waals surface area contributed by atoms with Crippen molar-refractivity contribution in [2.75, 3.05) is 20.1 Å². The summed E-state index contributed by atoms with van der Waals surface area (Å²) in [7, 11) is 1.87. The fourth-order valence-corrected chi connectivity index (χ4v) is 1.55. The van der Waals surface area contributed by atoms with Crippen LogP contribution in [0.1, 0.15) is 16.7 Å².